The molecule has 2 aromatic heterocycles. The molecule has 0 aliphatic carbocycles. The molecule has 7 heteroatoms. The number of esters is 1. The molecular formula is C16H13N3O4. The summed E-state index contributed by atoms with van der Waals surface area (Å²) in [5, 5.41) is 3.88. The summed E-state index contributed by atoms with van der Waals surface area (Å²) in [6.45, 7) is -0.108. The number of rotatable bonds is 5. The Morgan fingerprint density at radius 1 is 1.17 bits per heavy atom. The van der Waals surface area contributed by atoms with Crippen LogP contribution >= 0.6 is 0 Å². The van der Waals surface area contributed by atoms with Gasteiger partial charge in [-0.1, -0.05) is 17.3 Å². The van der Waals surface area contributed by atoms with Crippen LogP contribution in [0.15, 0.2) is 53.3 Å². The minimum Gasteiger partial charge on any atom is -0.496 e. The predicted octanol–water partition coefficient (Wildman–Crippen LogP) is 2.50. The van der Waals surface area contributed by atoms with E-state index in [0.29, 0.717) is 22.7 Å². The Bertz CT molecular complexity index is 802. The molecule has 0 unspecified atom stereocenters. The second-order valence-electron chi connectivity index (χ2n) is 4.52. The van der Waals surface area contributed by atoms with Crippen LogP contribution in [-0.4, -0.2) is 28.2 Å². The number of benzene rings is 1. The highest BCUT2D eigenvalue weighted by Gasteiger charge is 2.14. The minimum absolute atomic E-state index is 0.108. The summed E-state index contributed by atoms with van der Waals surface area (Å²) in [5.74, 6) is 0.726. The average molecular weight is 311 g/mol. The van der Waals surface area contributed by atoms with Gasteiger partial charge in [0.05, 0.1) is 18.2 Å². The number of methoxy groups -OCH3 is 1. The van der Waals surface area contributed by atoms with Gasteiger partial charge in [0.15, 0.2) is 6.61 Å². The molecule has 0 N–H and O–H groups in total. The fraction of sp³-hybridized carbons (Fsp3) is 0.125. The van der Waals surface area contributed by atoms with E-state index in [-0.39, 0.29) is 12.5 Å². The highest BCUT2D eigenvalue weighted by atomic mass is 16.6. The van der Waals surface area contributed by atoms with Gasteiger partial charge >= 0.3 is 5.97 Å². The molecule has 0 aliphatic rings. The zero-order valence-electron chi connectivity index (χ0n) is 12.3. The smallest absolute Gasteiger partial charge is 0.338 e. The Balaban J connectivity index is 1.69. The lowest BCUT2D eigenvalue weighted by molar-refractivity contribution is 0.0429. The third kappa shape index (κ3) is 3.34. The first kappa shape index (κ1) is 14.7. The quantitative estimate of drug-likeness (QED) is 0.669. The van der Waals surface area contributed by atoms with Crippen LogP contribution in [0.25, 0.3) is 11.4 Å². The molecule has 0 atom stereocenters. The van der Waals surface area contributed by atoms with E-state index >= 15 is 0 Å². The normalized spacial score (nSPS) is 10.3. The fourth-order valence-corrected chi connectivity index (χ4v) is 1.95. The topological polar surface area (TPSA) is 87.3 Å². The van der Waals surface area contributed by atoms with Crippen LogP contribution in [0.2, 0.25) is 0 Å². The molecule has 23 heavy (non-hydrogen) atoms. The lowest BCUT2D eigenvalue weighted by Crippen LogP contribution is -2.05. The summed E-state index contributed by atoms with van der Waals surface area (Å²) in [5.41, 5.74) is 1.11. The van der Waals surface area contributed by atoms with Gasteiger partial charge in [-0.3, -0.25) is 4.98 Å². The van der Waals surface area contributed by atoms with E-state index in [1.807, 2.05) is 18.2 Å². The summed E-state index contributed by atoms with van der Waals surface area (Å²) >= 11 is 0. The van der Waals surface area contributed by atoms with Gasteiger partial charge < -0.3 is 14.0 Å². The first-order chi connectivity index (χ1) is 11.3. The predicted molar refractivity (Wildman–Crippen MR) is 79.6 cm³/mol. The number of pyridine rings is 1. The zero-order valence-corrected chi connectivity index (χ0v) is 12.3. The standard InChI is InChI=1S/C16H13N3O4/c1-21-13-5-3-2-4-12(13)15-18-14(23-19-15)10-22-16(20)11-6-8-17-9-7-11/h2-9H,10H2,1H3. The van der Waals surface area contributed by atoms with Crippen molar-refractivity contribution in [2.45, 2.75) is 6.61 Å². The molecule has 0 aliphatic heterocycles. The second-order valence-corrected chi connectivity index (χ2v) is 4.52. The molecular weight excluding hydrogens is 298 g/mol. The van der Waals surface area contributed by atoms with Crippen LogP contribution in [0.1, 0.15) is 16.2 Å². The third-order valence-electron chi connectivity index (χ3n) is 3.06. The number of carbonyl (C=O) groups excluding carboxylic acids is 1. The van der Waals surface area contributed by atoms with Crippen molar-refractivity contribution in [3.63, 3.8) is 0 Å². The van der Waals surface area contributed by atoms with Gasteiger partial charge in [0.2, 0.25) is 5.82 Å². The van der Waals surface area contributed by atoms with Gasteiger partial charge in [-0.15, -0.1) is 0 Å². The second kappa shape index (κ2) is 6.69. The van der Waals surface area contributed by atoms with Crippen molar-refractivity contribution >= 4 is 5.97 Å². The maximum Gasteiger partial charge on any atom is 0.338 e. The molecule has 0 saturated carbocycles. The number of ether oxygens (including phenoxy) is 2. The first-order valence-electron chi connectivity index (χ1n) is 6.81. The van der Waals surface area contributed by atoms with Gasteiger partial charge in [0.25, 0.3) is 5.89 Å². The Morgan fingerprint density at radius 2 is 1.96 bits per heavy atom. The maximum atomic E-state index is 11.8. The van der Waals surface area contributed by atoms with Crippen molar-refractivity contribution in [3.05, 3.63) is 60.2 Å². The SMILES string of the molecule is COc1ccccc1-c1noc(COC(=O)c2ccncc2)n1. The number of para-hydroxylation sites is 1. The summed E-state index contributed by atoms with van der Waals surface area (Å²) < 4.78 is 15.5. The Hall–Kier alpha value is -3.22. The molecule has 2 heterocycles. The molecule has 0 radical (unpaired) electrons. The Kier molecular flexibility index (Phi) is 4.28. The Morgan fingerprint density at radius 3 is 2.74 bits per heavy atom. The van der Waals surface area contributed by atoms with Crippen LogP contribution in [0, 0.1) is 0 Å². The monoisotopic (exact) mass is 311 g/mol. The molecule has 1 aromatic carbocycles. The molecule has 0 fully saturated rings. The maximum absolute atomic E-state index is 11.8. The summed E-state index contributed by atoms with van der Waals surface area (Å²) in [6, 6.07) is 10.4. The van der Waals surface area contributed by atoms with E-state index in [1.165, 1.54) is 12.4 Å². The van der Waals surface area contributed by atoms with Crippen LogP contribution in [0.4, 0.5) is 0 Å². The number of aromatic nitrogens is 3. The minimum atomic E-state index is -0.482. The van der Waals surface area contributed by atoms with Crippen molar-refractivity contribution in [1.29, 1.82) is 0 Å². The third-order valence-corrected chi connectivity index (χ3v) is 3.06. The van der Waals surface area contributed by atoms with E-state index in [1.54, 1.807) is 25.3 Å². The molecule has 3 rings (SSSR count). The van der Waals surface area contributed by atoms with E-state index in [0.717, 1.165) is 0 Å². The number of hydrogen-bond donors (Lipinski definition) is 0. The van der Waals surface area contributed by atoms with Gasteiger partial charge in [-0.25, -0.2) is 4.79 Å². The molecule has 0 bridgehead atoms. The molecule has 0 spiro atoms. The summed E-state index contributed by atoms with van der Waals surface area (Å²) in [6.07, 6.45) is 3.03. The van der Waals surface area contributed by atoms with Gasteiger partial charge in [0, 0.05) is 12.4 Å². The fourth-order valence-electron chi connectivity index (χ4n) is 1.95. The van der Waals surface area contributed by atoms with Crippen molar-refractivity contribution in [2.75, 3.05) is 7.11 Å². The highest BCUT2D eigenvalue weighted by Crippen LogP contribution is 2.27. The first-order valence-corrected chi connectivity index (χ1v) is 6.81. The van der Waals surface area contributed by atoms with Crippen LogP contribution in [0.3, 0.4) is 0 Å². The number of carbonyl (C=O) groups is 1. The molecule has 7 nitrogen and oxygen atoms in total. The lowest BCUT2D eigenvalue weighted by atomic mass is 10.2. The van der Waals surface area contributed by atoms with Gasteiger partial charge in [-0.05, 0) is 24.3 Å². The van der Waals surface area contributed by atoms with E-state index in [2.05, 4.69) is 15.1 Å². The molecule has 3 aromatic rings. The van der Waals surface area contributed by atoms with Gasteiger partial charge in [-0.2, -0.15) is 4.98 Å². The Labute approximate surface area is 131 Å². The van der Waals surface area contributed by atoms with Crippen molar-refractivity contribution in [2.24, 2.45) is 0 Å². The summed E-state index contributed by atoms with van der Waals surface area (Å²) in [4.78, 5) is 19.9. The van der Waals surface area contributed by atoms with Crippen LogP contribution in [-0.2, 0) is 11.3 Å². The lowest BCUT2D eigenvalue weighted by Gasteiger charge is -2.03. The number of hydrogen-bond acceptors (Lipinski definition) is 7. The van der Waals surface area contributed by atoms with Crippen LogP contribution < -0.4 is 4.74 Å². The molecule has 0 saturated heterocycles. The highest BCUT2D eigenvalue weighted by molar-refractivity contribution is 5.89. The summed E-state index contributed by atoms with van der Waals surface area (Å²) in [7, 11) is 1.57. The largest absolute Gasteiger partial charge is 0.496 e. The average Bonchev–Trinajstić information content (AvgIpc) is 3.09. The van der Waals surface area contributed by atoms with Crippen LogP contribution in [0.5, 0.6) is 5.75 Å². The van der Waals surface area contributed by atoms with Crippen molar-refractivity contribution < 1.29 is 18.8 Å². The van der Waals surface area contributed by atoms with Gasteiger partial charge in [0.1, 0.15) is 5.75 Å². The molecule has 116 valence electrons. The number of nitrogens with zero attached hydrogens (tertiary/aromatic N) is 3. The molecule has 0 amide bonds. The van der Waals surface area contributed by atoms with Crippen molar-refractivity contribution in [3.8, 4) is 17.1 Å². The van der Waals surface area contributed by atoms with E-state index in [4.69, 9.17) is 14.0 Å². The zero-order chi connectivity index (χ0) is 16.1. The van der Waals surface area contributed by atoms with E-state index in [9.17, 15) is 4.79 Å². The van der Waals surface area contributed by atoms with E-state index < -0.39 is 5.97 Å². The van der Waals surface area contributed by atoms with Crippen molar-refractivity contribution in [1.82, 2.24) is 15.1 Å².